The van der Waals surface area contributed by atoms with Crippen LogP contribution in [0.3, 0.4) is 0 Å². The van der Waals surface area contributed by atoms with Crippen molar-refractivity contribution in [1.29, 1.82) is 0 Å². The molecule has 0 aliphatic heterocycles. The summed E-state index contributed by atoms with van der Waals surface area (Å²) in [5.74, 6) is 3.94. The molecular formula is C34H62Cl2NSiTi. The minimum atomic E-state index is -1.47. The Balaban J connectivity index is 0.00000267. The molecule has 0 aromatic carbocycles. The number of allylic oxidation sites excluding steroid dienone is 4. The fourth-order valence-electron chi connectivity index (χ4n) is 9.43. The molecule has 0 saturated heterocycles. The number of rotatable bonds is 17. The maximum absolute atomic E-state index is 4.75. The second-order valence-electron chi connectivity index (χ2n) is 14.2. The van der Waals surface area contributed by atoms with E-state index in [0.29, 0.717) is 5.54 Å². The van der Waals surface area contributed by atoms with Gasteiger partial charge < -0.3 is 24.8 Å². The second kappa shape index (κ2) is 17.3. The second-order valence-corrected chi connectivity index (χ2v) is 26.8. The van der Waals surface area contributed by atoms with Crippen molar-refractivity contribution in [2.75, 3.05) is 0 Å². The third kappa shape index (κ3) is 8.98. The van der Waals surface area contributed by atoms with Gasteiger partial charge in [-0.15, -0.1) is 0 Å². The zero-order valence-electron chi connectivity index (χ0n) is 26.6. The van der Waals surface area contributed by atoms with Gasteiger partial charge in [-0.3, -0.25) is 0 Å². The van der Waals surface area contributed by atoms with Crippen molar-refractivity contribution in [3.05, 3.63) is 20.6 Å². The monoisotopic (exact) mass is 630 g/mol. The van der Waals surface area contributed by atoms with Crippen LogP contribution < -0.4 is 28.6 Å². The Morgan fingerprint density at radius 1 is 0.718 bits per heavy atom. The molecule has 5 aliphatic rings. The first-order chi connectivity index (χ1) is 17.9. The molecule has 0 aromatic heterocycles. The van der Waals surface area contributed by atoms with Crippen molar-refractivity contribution in [2.24, 2.45) is 23.7 Å². The topological polar surface area (TPSA) is 12.0 Å². The van der Waals surface area contributed by atoms with Crippen LogP contribution in [0.4, 0.5) is 0 Å². The number of halogens is 2. The molecule has 5 aliphatic carbocycles. The van der Waals surface area contributed by atoms with E-state index in [2.05, 4.69) is 44.7 Å². The first kappa shape index (κ1) is 36.1. The normalized spacial score (nSPS) is 29.3. The summed E-state index contributed by atoms with van der Waals surface area (Å²) < 4.78 is 6.81. The predicted molar refractivity (Wildman–Crippen MR) is 163 cm³/mol. The number of unbranched alkanes of at least 4 members (excludes halogenated alkanes) is 8. The van der Waals surface area contributed by atoms with Crippen LogP contribution in [0.25, 0.3) is 0 Å². The van der Waals surface area contributed by atoms with Gasteiger partial charge in [-0.1, -0.05) is 0 Å². The van der Waals surface area contributed by atoms with Gasteiger partial charge in [0.2, 0.25) is 0 Å². The van der Waals surface area contributed by atoms with Crippen LogP contribution in [0.1, 0.15) is 150 Å². The fraction of sp³-hybridized carbons (Fsp3) is 0.882. The Hall–Kier alpha value is 0.951. The first-order valence-corrected chi connectivity index (χ1v) is 24.2. The summed E-state index contributed by atoms with van der Waals surface area (Å²) in [5, 5.41) is 0. The van der Waals surface area contributed by atoms with Crippen molar-refractivity contribution in [3.8, 4) is 0 Å². The first-order valence-electron chi connectivity index (χ1n) is 17.0. The molecule has 0 heterocycles. The van der Waals surface area contributed by atoms with E-state index in [-0.39, 0.29) is 24.8 Å². The van der Waals surface area contributed by atoms with E-state index in [1.807, 2.05) is 16.7 Å². The summed E-state index contributed by atoms with van der Waals surface area (Å²) in [7, 11) is 0. The minimum absolute atomic E-state index is 0. The van der Waals surface area contributed by atoms with Crippen LogP contribution in [0.15, 0.2) is 20.6 Å². The third-order valence-electron chi connectivity index (χ3n) is 10.8. The molecule has 1 nitrogen and oxygen atoms in total. The summed E-state index contributed by atoms with van der Waals surface area (Å²) in [6.45, 7) is 14.6. The van der Waals surface area contributed by atoms with Crippen molar-refractivity contribution in [2.45, 2.75) is 168 Å². The zero-order valence-corrected chi connectivity index (χ0v) is 30.8. The summed E-state index contributed by atoms with van der Waals surface area (Å²) >= 11 is -1.47. The quantitative estimate of drug-likeness (QED) is 0.186. The number of hydrogen-bond donors (Lipinski definition) is 1. The standard InChI is InChI=1S/C22H39.C10H16N.C2H7Si.2ClH.Ti/c1-5-8-10-12-13-15-16-21-19(4)18-20(7-3)22(21)17-14-11-9-6-2;11-10-4-7-1-8(5-10)3-9(2-7)6-10;1-3-2;;;/h19H,5-17H2,1-4H3;7-9,11H,1-6H2;3H,1-2H3;2*1H;/q;-1;;;;+3/p-2. The van der Waals surface area contributed by atoms with Gasteiger partial charge in [0.05, 0.1) is 0 Å². The zero-order chi connectivity index (χ0) is 26.4. The van der Waals surface area contributed by atoms with E-state index >= 15 is 0 Å². The van der Waals surface area contributed by atoms with E-state index in [0.717, 1.165) is 23.7 Å². The van der Waals surface area contributed by atoms with Crippen molar-refractivity contribution in [1.82, 2.24) is 3.80 Å². The predicted octanol–water partition coefficient (Wildman–Crippen LogP) is 4.40. The van der Waals surface area contributed by atoms with Gasteiger partial charge >= 0.3 is 240 Å². The van der Waals surface area contributed by atoms with Crippen LogP contribution in [0.2, 0.25) is 13.1 Å². The molecule has 0 amide bonds. The van der Waals surface area contributed by atoms with Crippen LogP contribution >= 0.6 is 0 Å². The molecule has 225 valence electrons. The summed E-state index contributed by atoms with van der Waals surface area (Å²) in [6, 6.07) is 0. The van der Waals surface area contributed by atoms with E-state index in [4.69, 9.17) is 3.80 Å². The largest absolute Gasteiger partial charge is 1.00 e. The minimum Gasteiger partial charge on any atom is -1.00 e. The summed E-state index contributed by atoms with van der Waals surface area (Å²) in [5.41, 5.74) is 6.27. The van der Waals surface area contributed by atoms with E-state index in [1.165, 1.54) is 103 Å². The Bertz CT molecular complexity index is 772. The molecule has 5 rings (SSSR count). The molecule has 0 aromatic rings. The molecule has 0 radical (unpaired) electrons. The van der Waals surface area contributed by atoms with Gasteiger partial charge in [-0.2, -0.15) is 0 Å². The molecule has 1 unspecified atom stereocenters. The molecule has 5 heteroatoms. The van der Waals surface area contributed by atoms with E-state index in [1.54, 1.807) is 19.3 Å². The molecule has 39 heavy (non-hydrogen) atoms. The van der Waals surface area contributed by atoms with Gasteiger partial charge in [0.1, 0.15) is 0 Å². The molecule has 4 saturated carbocycles. The average molecular weight is 632 g/mol. The molecule has 1 atom stereocenters. The Labute approximate surface area is 263 Å². The van der Waals surface area contributed by atoms with Gasteiger partial charge in [0.15, 0.2) is 0 Å². The average Bonchev–Trinajstić information content (AvgIpc) is 3.11. The molecule has 4 bridgehead atoms. The smallest absolute Gasteiger partial charge is 1.00 e. The van der Waals surface area contributed by atoms with Gasteiger partial charge in [-0.05, 0) is 0 Å². The molecule has 0 spiro atoms. The van der Waals surface area contributed by atoms with Crippen molar-refractivity contribution in [3.63, 3.8) is 0 Å². The van der Waals surface area contributed by atoms with Crippen LogP contribution in [-0.4, -0.2) is 12.2 Å². The molecule has 4 fully saturated rings. The van der Waals surface area contributed by atoms with Crippen molar-refractivity contribution >= 4 is 6.66 Å². The Morgan fingerprint density at radius 2 is 1.21 bits per heavy atom. The summed E-state index contributed by atoms with van der Waals surface area (Å²) in [4.78, 5) is 0. The van der Waals surface area contributed by atoms with Gasteiger partial charge in [-0.25, -0.2) is 0 Å². The van der Waals surface area contributed by atoms with Crippen molar-refractivity contribution < 1.29 is 42.2 Å². The van der Waals surface area contributed by atoms with Crippen LogP contribution in [0, 0.1) is 23.7 Å². The number of nitrogens with one attached hydrogen (secondary N) is 1. The Morgan fingerprint density at radius 3 is 1.72 bits per heavy atom. The molecular weight excluding hydrogens is 569 g/mol. The van der Waals surface area contributed by atoms with E-state index in [9.17, 15) is 0 Å². The third-order valence-corrected chi connectivity index (χ3v) is 22.5. The SMILES string of the molecule is CCCCCCCCC1=C(CCCCCC)C(CC)=[C]([Ti+2]([NH]C23CC4CC(CC(C4)C2)C3)[SiH](C)C)C1C.[Cl-].[Cl-]. The van der Waals surface area contributed by atoms with Crippen LogP contribution in [-0.2, 0) is 17.4 Å². The van der Waals surface area contributed by atoms with E-state index < -0.39 is 24.0 Å². The van der Waals surface area contributed by atoms with Gasteiger partial charge in [0.25, 0.3) is 0 Å². The Kier molecular flexibility index (Phi) is 16.0. The van der Waals surface area contributed by atoms with Crippen LogP contribution in [0.5, 0.6) is 0 Å². The maximum atomic E-state index is 4.75. The summed E-state index contributed by atoms with van der Waals surface area (Å²) in [6.07, 6.45) is 27.6. The maximum Gasteiger partial charge on any atom is -1.00 e. The fourth-order valence-corrected chi connectivity index (χ4v) is 21.2. The number of hydrogen-bond acceptors (Lipinski definition) is 1. The van der Waals surface area contributed by atoms with Gasteiger partial charge in [0, 0.05) is 0 Å². The molecule has 1 N–H and O–H groups in total.